The molecular formula is C18H22N4O2. The molecule has 1 N–H and O–H groups in total. The van der Waals surface area contributed by atoms with Gasteiger partial charge in [0, 0.05) is 37.7 Å². The van der Waals surface area contributed by atoms with Crippen LogP contribution in [0, 0.1) is 6.92 Å². The average Bonchev–Trinajstić information content (AvgIpc) is 3.20. The number of carbonyl (C=O) groups is 1. The lowest BCUT2D eigenvalue weighted by molar-refractivity contribution is -0.119. The number of aryl methyl sites for hydroxylation is 1. The van der Waals surface area contributed by atoms with Crippen molar-refractivity contribution in [1.82, 2.24) is 15.3 Å². The Labute approximate surface area is 141 Å². The number of amides is 1. The Balaban J connectivity index is 1.59. The van der Waals surface area contributed by atoms with Gasteiger partial charge in [-0.05, 0) is 31.9 Å². The fourth-order valence-electron chi connectivity index (χ4n) is 3.48. The zero-order valence-corrected chi connectivity index (χ0v) is 14.0. The second kappa shape index (κ2) is 5.92. The maximum atomic E-state index is 11.6. The van der Waals surface area contributed by atoms with E-state index in [0.29, 0.717) is 5.92 Å². The summed E-state index contributed by atoms with van der Waals surface area (Å²) in [5, 5.41) is 3.07. The van der Waals surface area contributed by atoms with Crippen molar-refractivity contribution in [3.05, 3.63) is 41.7 Å². The third-order valence-corrected chi connectivity index (χ3v) is 4.83. The summed E-state index contributed by atoms with van der Waals surface area (Å²) in [6.07, 6.45) is 4.10. The fourth-order valence-corrected chi connectivity index (χ4v) is 3.48. The molecular weight excluding hydrogens is 304 g/mol. The SMILES string of the molecule is CC(=O)N[C@@H]1CN(c2cc(C3CC3)ncn2)C[C@H]1c1ccc(C)o1. The fraction of sp³-hybridized carbons (Fsp3) is 0.500. The Morgan fingerprint density at radius 1 is 1.29 bits per heavy atom. The van der Waals surface area contributed by atoms with Crippen molar-refractivity contribution in [2.24, 2.45) is 0 Å². The lowest BCUT2D eigenvalue weighted by Gasteiger charge is -2.17. The highest BCUT2D eigenvalue weighted by Gasteiger charge is 2.37. The van der Waals surface area contributed by atoms with Crippen LogP contribution in [0.4, 0.5) is 5.82 Å². The molecule has 4 rings (SSSR count). The largest absolute Gasteiger partial charge is 0.466 e. The third-order valence-electron chi connectivity index (χ3n) is 4.83. The van der Waals surface area contributed by atoms with Gasteiger partial charge in [0.15, 0.2) is 0 Å². The third kappa shape index (κ3) is 3.00. The van der Waals surface area contributed by atoms with E-state index in [-0.39, 0.29) is 17.9 Å². The van der Waals surface area contributed by atoms with Crippen molar-refractivity contribution in [3.63, 3.8) is 0 Å². The molecule has 1 saturated carbocycles. The van der Waals surface area contributed by atoms with Crippen molar-refractivity contribution in [3.8, 4) is 0 Å². The molecule has 3 heterocycles. The lowest BCUT2D eigenvalue weighted by atomic mass is 10.0. The quantitative estimate of drug-likeness (QED) is 0.934. The molecule has 0 radical (unpaired) electrons. The Hall–Kier alpha value is -2.37. The Morgan fingerprint density at radius 3 is 2.79 bits per heavy atom. The summed E-state index contributed by atoms with van der Waals surface area (Å²) in [7, 11) is 0. The standard InChI is InChI=1S/C18H22N4O2/c1-11-3-6-17(24-11)14-8-22(9-16(14)21-12(2)23)18-7-15(13-4-5-13)19-10-20-18/h3,6-7,10,13-14,16H,4-5,8-9H2,1-2H3,(H,21,23)/t14-,16-/m1/s1. The lowest BCUT2D eigenvalue weighted by Crippen LogP contribution is -2.38. The summed E-state index contributed by atoms with van der Waals surface area (Å²) in [5.41, 5.74) is 1.13. The first-order chi connectivity index (χ1) is 11.6. The molecule has 6 heteroatoms. The number of nitrogens with zero attached hydrogens (tertiary/aromatic N) is 3. The van der Waals surface area contributed by atoms with E-state index in [9.17, 15) is 4.79 Å². The molecule has 2 aromatic rings. The van der Waals surface area contributed by atoms with Crippen LogP contribution >= 0.6 is 0 Å². The number of nitrogens with one attached hydrogen (secondary N) is 1. The first-order valence-corrected chi connectivity index (χ1v) is 8.50. The van der Waals surface area contributed by atoms with Gasteiger partial charge in [-0.1, -0.05) is 0 Å². The summed E-state index contributed by atoms with van der Waals surface area (Å²) >= 11 is 0. The second-order valence-corrected chi connectivity index (χ2v) is 6.84. The maximum absolute atomic E-state index is 11.6. The van der Waals surface area contributed by atoms with Crippen molar-refractivity contribution in [2.75, 3.05) is 18.0 Å². The number of rotatable bonds is 4. The molecule has 24 heavy (non-hydrogen) atoms. The summed E-state index contributed by atoms with van der Waals surface area (Å²) in [6, 6.07) is 6.10. The molecule has 1 saturated heterocycles. The van der Waals surface area contributed by atoms with Crippen molar-refractivity contribution in [1.29, 1.82) is 0 Å². The molecule has 2 fully saturated rings. The Bertz CT molecular complexity index is 753. The van der Waals surface area contributed by atoms with Crippen LogP contribution in [0.15, 0.2) is 28.9 Å². The Kier molecular flexibility index (Phi) is 3.75. The molecule has 1 aliphatic heterocycles. The van der Waals surface area contributed by atoms with Crippen LogP contribution in [0.1, 0.15) is 48.8 Å². The van der Waals surface area contributed by atoms with E-state index in [1.54, 1.807) is 13.3 Å². The number of anilines is 1. The van der Waals surface area contributed by atoms with Crippen molar-refractivity contribution in [2.45, 2.75) is 44.6 Å². The van der Waals surface area contributed by atoms with E-state index in [4.69, 9.17) is 4.42 Å². The number of carbonyl (C=O) groups excluding carboxylic acids is 1. The highest BCUT2D eigenvalue weighted by Crippen LogP contribution is 2.40. The molecule has 0 unspecified atom stereocenters. The molecule has 2 aromatic heterocycles. The van der Waals surface area contributed by atoms with E-state index < -0.39 is 0 Å². The number of furan rings is 1. The van der Waals surface area contributed by atoms with Crippen LogP contribution in [0.25, 0.3) is 0 Å². The summed E-state index contributed by atoms with van der Waals surface area (Å²) in [5.74, 6) is 3.46. The van der Waals surface area contributed by atoms with Crippen LogP contribution in [0.3, 0.4) is 0 Å². The van der Waals surface area contributed by atoms with Gasteiger partial charge in [0.05, 0.1) is 12.0 Å². The van der Waals surface area contributed by atoms with Gasteiger partial charge in [-0.15, -0.1) is 0 Å². The number of hydrogen-bond donors (Lipinski definition) is 1. The maximum Gasteiger partial charge on any atom is 0.217 e. The second-order valence-electron chi connectivity index (χ2n) is 6.84. The van der Waals surface area contributed by atoms with Crippen LogP contribution in [0.5, 0.6) is 0 Å². The van der Waals surface area contributed by atoms with Gasteiger partial charge in [-0.25, -0.2) is 9.97 Å². The minimum atomic E-state index is -0.0171. The van der Waals surface area contributed by atoms with Gasteiger partial charge in [0.2, 0.25) is 5.91 Å². The van der Waals surface area contributed by atoms with Gasteiger partial charge in [-0.3, -0.25) is 4.79 Å². The monoisotopic (exact) mass is 326 g/mol. The summed E-state index contributed by atoms with van der Waals surface area (Å²) in [6.45, 7) is 5.00. The molecule has 1 aliphatic carbocycles. The van der Waals surface area contributed by atoms with E-state index in [1.807, 2.05) is 19.1 Å². The molecule has 2 aliphatic rings. The predicted octanol–water partition coefficient (Wildman–Crippen LogP) is 2.36. The Morgan fingerprint density at radius 2 is 2.12 bits per heavy atom. The zero-order valence-electron chi connectivity index (χ0n) is 14.0. The van der Waals surface area contributed by atoms with E-state index >= 15 is 0 Å². The minimum Gasteiger partial charge on any atom is -0.466 e. The first kappa shape index (κ1) is 15.2. The topological polar surface area (TPSA) is 71.3 Å². The zero-order chi connectivity index (χ0) is 16.7. The summed E-state index contributed by atoms with van der Waals surface area (Å²) < 4.78 is 5.82. The molecule has 126 valence electrons. The molecule has 0 bridgehead atoms. The molecule has 0 spiro atoms. The predicted molar refractivity (Wildman–Crippen MR) is 90.0 cm³/mol. The van der Waals surface area contributed by atoms with Gasteiger partial charge >= 0.3 is 0 Å². The van der Waals surface area contributed by atoms with Gasteiger partial charge < -0.3 is 14.6 Å². The number of hydrogen-bond acceptors (Lipinski definition) is 5. The average molecular weight is 326 g/mol. The van der Waals surface area contributed by atoms with Crippen LogP contribution in [-0.2, 0) is 4.79 Å². The van der Waals surface area contributed by atoms with Crippen molar-refractivity contribution >= 4 is 11.7 Å². The van der Waals surface area contributed by atoms with Crippen LogP contribution < -0.4 is 10.2 Å². The summed E-state index contributed by atoms with van der Waals surface area (Å²) in [4.78, 5) is 22.7. The van der Waals surface area contributed by atoms with Gasteiger partial charge in [0.25, 0.3) is 0 Å². The van der Waals surface area contributed by atoms with Crippen LogP contribution in [0.2, 0.25) is 0 Å². The molecule has 2 atom stereocenters. The molecule has 0 aromatic carbocycles. The molecule has 6 nitrogen and oxygen atoms in total. The number of aromatic nitrogens is 2. The van der Waals surface area contributed by atoms with E-state index in [2.05, 4.69) is 26.3 Å². The minimum absolute atomic E-state index is 0.0171. The van der Waals surface area contributed by atoms with Crippen molar-refractivity contribution < 1.29 is 9.21 Å². The molecule has 1 amide bonds. The smallest absolute Gasteiger partial charge is 0.217 e. The van der Waals surface area contributed by atoms with E-state index in [0.717, 1.165) is 36.1 Å². The van der Waals surface area contributed by atoms with Crippen LogP contribution in [-0.4, -0.2) is 35.0 Å². The highest BCUT2D eigenvalue weighted by molar-refractivity contribution is 5.73. The van der Waals surface area contributed by atoms with E-state index in [1.165, 1.54) is 12.8 Å². The normalized spacial score (nSPS) is 23.5. The van der Waals surface area contributed by atoms with Gasteiger partial charge in [-0.2, -0.15) is 0 Å². The van der Waals surface area contributed by atoms with Gasteiger partial charge in [0.1, 0.15) is 23.7 Å². The first-order valence-electron chi connectivity index (χ1n) is 8.50. The highest BCUT2D eigenvalue weighted by atomic mass is 16.3.